The Morgan fingerprint density at radius 2 is 2.18 bits per heavy atom. The highest BCUT2D eigenvalue weighted by atomic mass is 16.5. The van der Waals surface area contributed by atoms with Gasteiger partial charge in [-0.1, -0.05) is 18.2 Å². The molecule has 0 N–H and O–H groups in total. The number of hydrogen-bond donors (Lipinski definition) is 0. The van der Waals surface area contributed by atoms with E-state index in [0.29, 0.717) is 12.8 Å². The van der Waals surface area contributed by atoms with Crippen LogP contribution in [0.5, 0.6) is 5.75 Å². The normalized spacial score (nSPS) is 17.5. The molecule has 0 bridgehead atoms. The van der Waals surface area contributed by atoms with Gasteiger partial charge in [-0.05, 0) is 23.3 Å². The van der Waals surface area contributed by atoms with Crippen molar-refractivity contribution in [2.24, 2.45) is 0 Å². The van der Waals surface area contributed by atoms with Gasteiger partial charge in [0.15, 0.2) is 11.9 Å². The monoisotopic (exact) mass is 228 g/mol. The van der Waals surface area contributed by atoms with Gasteiger partial charge in [0.2, 0.25) is 0 Å². The molecule has 2 aromatic rings. The van der Waals surface area contributed by atoms with Crippen LogP contribution in [0, 0.1) is 0 Å². The molecular weight excluding hydrogens is 216 g/mol. The molecule has 0 saturated carbocycles. The van der Waals surface area contributed by atoms with Crippen molar-refractivity contribution in [3.63, 3.8) is 0 Å². The first-order valence-corrected chi connectivity index (χ1v) is 5.61. The first-order chi connectivity index (χ1) is 8.33. The summed E-state index contributed by atoms with van der Waals surface area (Å²) >= 11 is 0. The fraction of sp³-hybridized carbons (Fsp3) is 0.214. The van der Waals surface area contributed by atoms with E-state index in [4.69, 9.17) is 9.15 Å². The molecule has 86 valence electrons. The van der Waals surface area contributed by atoms with Gasteiger partial charge in [-0.3, -0.25) is 4.79 Å². The van der Waals surface area contributed by atoms with E-state index in [9.17, 15) is 4.79 Å². The second-order valence-electron chi connectivity index (χ2n) is 4.19. The average molecular weight is 228 g/mol. The number of fused-ring (bicyclic) bond motifs is 1. The number of furan rings is 1. The maximum Gasteiger partial charge on any atom is 0.178 e. The maximum atomic E-state index is 12.0. The van der Waals surface area contributed by atoms with Crippen LogP contribution in [0.3, 0.4) is 0 Å². The number of para-hydroxylation sites is 1. The van der Waals surface area contributed by atoms with Gasteiger partial charge in [0, 0.05) is 12.8 Å². The lowest BCUT2D eigenvalue weighted by Crippen LogP contribution is -2.26. The summed E-state index contributed by atoms with van der Waals surface area (Å²) in [5.41, 5.74) is 2.01. The molecular formula is C14H12O3. The summed E-state index contributed by atoms with van der Waals surface area (Å²) in [4.78, 5) is 12.0. The highest BCUT2D eigenvalue weighted by Gasteiger charge is 2.28. The lowest BCUT2D eigenvalue weighted by Gasteiger charge is -2.08. The van der Waals surface area contributed by atoms with E-state index in [2.05, 4.69) is 0 Å². The standard InChI is InChI=1S/C14H12O3/c15-12(7-10-5-6-16-9-10)14-8-11-3-1-2-4-13(11)17-14/h1-6,9,14H,7-8H2. The SMILES string of the molecule is O=C(Cc1ccoc1)C1Cc2ccccc2O1. The van der Waals surface area contributed by atoms with E-state index < -0.39 is 0 Å². The van der Waals surface area contributed by atoms with E-state index in [1.54, 1.807) is 18.6 Å². The molecule has 2 heterocycles. The molecule has 0 spiro atoms. The highest BCUT2D eigenvalue weighted by molar-refractivity contribution is 5.86. The lowest BCUT2D eigenvalue weighted by molar-refractivity contribution is -0.124. The van der Waals surface area contributed by atoms with Gasteiger partial charge in [0.1, 0.15) is 5.75 Å². The molecule has 3 heteroatoms. The van der Waals surface area contributed by atoms with Crippen LogP contribution in [0.1, 0.15) is 11.1 Å². The number of rotatable bonds is 3. The van der Waals surface area contributed by atoms with Crippen LogP contribution in [0.25, 0.3) is 0 Å². The molecule has 0 radical (unpaired) electrons. The number of carbonyl (C=O) groups is 1. The Hall–Kier alpha value is -2.03. The summed E-state index contributed by atoms with van der Waals surface area (Å²) in [5, 5.41) is 0. The molecule has 17 heavy (non-hydrogen) atoms. The number of ketones is 1. The Bertz CT molecular complexity index is 503. The largest absolute Gasteiger partial charge is 0.482 e. The predicted molar refractivity (Wildman–Crippen MR) is 62.0 cm³/mol. The number of hydrogen-bond acceptors (Lipinski definition) is 3. The van der Waals surface area contributed by atoms with Crippen molar-refractivity contribution in [2.75, 3.05) is 0 Å². The van der Waals surface area contributed by atoms with Crippen molar-refractivity contribution in [3.8, 4) is 5.75 Å². The van der Waals surface area contributed by atoms with Gasteiger partial charge < -0.3 is 9.15 Å². The van der Waals surface area contributed by atoms with Gasteiger partial charge in [-0.25, -0.2) is 0 Å². The topological polar surface area (TPSA) is 39.4 Å². The molecule has 1 unspecified atom stereocenters. The van der Waals surface area contributed by atoms with Crippen molar-refractivity contribution in [1.82, 2.24) is 0 Å². The van der Waals surface area contributed by atoms with Gasteiger partial charge in [0.25, 0.3) is 0 Å². The minimum Gasteiger partial charge on any atom is -0.482 e. The van der Waals surface area contributed by atoms with E-state index >= 15 is 0 Å². The Balaban J connectivity index is 1.70. The van der Waals surface area contributed by atoms with Gasteiger partial charge in [-0.15, -0.1) is 0 Å². The Morgan fingerprint density at radius 3 is 2.94 bits per heavy atom. The average Bonchev–Trinajstić information content (AvgIpc) is 2.96. The van der Waals surface area contributed by atoms with E-state index in [-0.39, 0.29) is 11.9 Å². The molecule has 0 saturated heterocycles. The van der Waals surface area contributed by atoms with Crippen molar-refractivity contribution in [2.45, 2.75) is 18.9 Å². The zero-order valence-electron chi connectivity index (χ0n) is 9.26. The molecule has 3 rings (SSSR count). The fourth-order valence-corrected chi connectivity index (χ4v) is 2.07. The minimum atomic E-state index is -0.345. The Labute approximate surface area is 99.0 Å². The Kier molecular flexibility index (Phi) is 2.44. The second-order valence-corrected chi connectivity index (χ2v) is 4.19. The predicted octanol–water partition coefficient (Wildman–Crippen LogP) is 2.39. The smallest absolute Gasteiger partial charge is 0.178 e. The molecule has 1 aromatic carbocycles. The van der Waals surface area contributed by atoms with Crippen LogP contribution in [0.15, 0.2) is 47.3 Å². The molecule has 1 aromatic heterocycles. The van der Waals surface area contributed by atoms with Gasteiger partial charge >= 0.3 is 0 Å². The van der Waals surface area contributed by atoms with E-state index in [1.807, 2.05) is 24.3 Å². The van der Waals surface area contributed by atoms with Crippen molar-refractivity contribution < 1.29 is 13.9 Å². The van der Waals surface area contributed by atoms with Crippen LogP contribution in [0.4, 0.5) is 0 Å². The Morgan fingerprint density at radius 1 is 1.29 bits per heavy atom. The van der Waals surface area contributed by atoms with Crippen LogP contribution >= 0.6 is 0 Å². The number of benzene rings is 1. The number of Topliss-reactive ketones (excluding diaryl/α,β-unsaturated/α-hetero) is 1. The molecule has 1 aliphatic rings. The highest BCUT2D eigenvalue weighted by Crippen LogP contribution is 2.28. The molecule has 1 atom stereocenters. The summed E-state index contributed by atoms with van der Waals surface area (Å²) in [6.45, 7) is 0. The summed E-state index contributed by atoms with van der Waals surface area (Å²) < 4.78 is 10.6. The third-order valence-electron chi connectivity index (χ3n) is 2.96. The molecule has 3 nitrogen and oxygen atoms in total. The summed E-state index contributed by atoms with van der Waals surface area (Å²) in [6, 6.07) is 9.59. The van der Waals surface area contributed by atoms with Gasteiger partial charge in [0.05, 0.1) is 12.5 Å². The molecule has 1 aliphatic heterocycles. The first kappa shape index (κ1) is 10.1. The number of ether oxygens (including phenoxy) is 1. The zero-order valence-corrected chi connectivity index (χ0v) is 9.26. The summed E-state index contributed by atoms with van der Waals surface area (Å²) in [5.74, 6) is 0.931. The summed E-state index contributed by atoms with van der Waals surface area (Å²) in [7, 11) is 0. The van der Waals surface area contributed by atoms with Gasteiger partial charge in [-0.2, -0.15) is 0 Å². The number of carbonyl (C=O) groups excluding carboxylic acids is 1. The van der Waals surface area contributed by atoms with Crippen LogP contribution < -0.4 is 4.74 Å². The molecule has 0 amide bonds. The fourth-order valence-electron chi connectivity index (χ4n) is 2.07. The first-order valence-electron chi connectivity index (χ1n) is 5.61. The second kappa shape index (κ2) is 4.09. The zero-order chi connectivity index (χ0) is 11.7. The van der Waals surface area contributed by atoms with Crippen molar-refractivity contribution in [3.05, 3.63) is 54.0 Å². The quantitative estimate of drug-likeness (QED) is 0.809. The molecule has 0 fully saturated rings. The van der Waals surface area contributed by atoms with Crippen LogP contribution in [-0.2, 0) is 17.6 Å². The maximum absolute atomic E-state index is 12.0. The van der Waals surface area contributed by atoms with Crippen molar-refractivity contribution in [1.29, 1.82) is 0 Å². The summed E-state index contributed by atoms with van der Waals surface area (Å²) in [6.07, 6.45) is 3.87. The van der Waals surface area contributed by atoms with E-state index in [0.717, 1.165) is 16.9 Å². The van der Waals surface area contributed by atoms with E-state index in [1.165, 1.54) is 0 Å². The van der Waals surface area contributed by atoms with Crippen LogP contribution in [-0.4, -0.2) is 11.9 Å². The van der Waals surface area contributed by atoms with Crippen LogP contribution in [0.2, 0.25) is 0 Å². The third-order valence-corrected chi connectivity index (χ3v) is 2.96. The third kappa shape index (κ3) is 1.96. The lowest BCUT2D eigenvalue weighted by atomic mass is 10.0. The van der Waals surface area contributed by atoms with Crippen molar-refractivity contribution >= 4 is 5.78 Å². The minimum absolute atomic E-state index is 0.0996. The molecule has 0 aliphatic carbocycles.